The summed E-state index contributed by atoms with van der Waals surface area (Å²) in [5.41, 5.74) is 0. The highest BCUT2D eigenvalue weighted by Gasteiger charge is 2.10. The fourth-order valence-electron chi connectivity index (χ4n) is 2.67. The van der Waals surface area contributed by atoms with Crippen LogP contribution >= 0.6 is 0 Å². The Morgan fingerprint density at radius 3 is 2.09 bits per heavy atom. The molecule has 0 rings (SSSR count). The molecule has 0 amide bonds. The molecule has 23 heavy (non-hydrogen) atoms. The molecule has 1 atom stereocenters. The lowest BCUT2D eigenvalue weighted by Gasteiger charge is -2.09. The van der Waals surface area contributed by atoms with E-state index in [4.69, 9.17) is 0 Å². The maximum absolute atomic E-state index is 11.7. The summed E-state index contributed by atoms with van der Waals surface area (Å²) in [7, 11) is 1.42. The Morgan fingerprint density at radius 2 is 1.43 bits per heavy atom. The van der Waals surface area contributed by atoms with Crippen molar-refractivity contribution >= 4 is 11.8 Å². The topological polar surface area (TPSA) is 63.6 Å². The number of methoxy groups -OCH3 is 1. The second-order valence-electron chi connectivity index (χ2n) is 6.44. The Hall–Kier alpha value is -0.900. The summed E-state index contributed by atoms with van der Waals surface area (Å²) in [4.78, 5) is 22.6. The van der Waals surface area contributed by atoms with Gasteiger partial charge in [-0.15, -0.1) is 0 Å². The van der Waals surface area contributed by atoms with Gasteiger partial charge in [-0.05, 0) is 19.3 Å². The molecule has 0 spiro atoms. The molecule has 0 fully saturated rings. The molecular formula is C19H36O4. The van der Waals surface area contributed by atoms with E-state index in [0.717, 1.165) is 57.8 Å². The van der Waals surface area contributed by atoms with Gasteiger partial charge < -0.3 is 9.84 Å². The zero-order valence-corrected chi connectivity index (χ0v) is 15.1. The quantitative estimate of drug-likeness (QED) is 0.333. The number of hydrogen-bond acceptors (Lipinski definition) is 4. The van der Waals surface area contributed by atoms with Gasteiger partial charge in [0, 0.05) is 19.3 Å². The first-order chi connectivity index (χ1) is 11.1. The van der Waals surface area contributed by atoms with E-state index in [1.54, 1.807) is 0 Å². The minimum Gasteiger partial charge on any atom is -0.469 e. The molecular weight excluding hydrogens is 292 g/mol. The van der Waals surface area contributed by atoms with Gasteiger partial charge in [-0.25, -0.2) is 0 Å². The third-order valence-electron chi connectivity index (χ3n) is 4.17. The smallest absolute Gasteiger partial charge is 0.305 e. The molecule has 0 bridgehead atoms. The Morgan fingerprint density at radius 1 is 0.870 bits per heavy atom. The number of esters is 1. The molecule has 0 saturated heterocycles. The molecule has 0 saturated carbocycles. The zero-order chi connectivity index (χ0) is 17.3. The van der Waals surface area contributed by atoms with Crippen LogP contribution < -0.4 is 0 Å². The van der Waals surface area contributed by atoms with Crippen molar-refractivity contribution in [2.45, 2.75) is 103 Å². The van der Waals surface area contributed by atoms with E-state index in [9.17, 15) is 14.7 Å². The van der Waals surface area contributed by atoms with Crippen molar-refractivity contribution in [1.29, 1.82) is 0 Å². The molecule has 0 aliphatic carbocycles. The van der Waals surface area contributed by atoms with Crippen molar-refractivity contribution < 1.29 is 19.4 Å². The van der Waals surface area contributed by atoms with Gasteiger partial charge in [-0.1, -0.05) is 58.3 Å². The fraction of sp³-hybridized carbons (Fsp3) is 0.895. The van der Waals surface area contributed by atoms with Crippen molar-refractivity contribution in [3.63, 3.8) is 0 Å². The van der Waals surface area contributed by atoms with Crippen LogP contribution in [0.1, 0.15) is 96.8 Å². The van der Waals surface area contributed by atoms with Crippen molar-refractivity contribution in [2.24, 2.45) is 0 Å². The maximum atomic E-state index is 11.7. The predicted octanol–water partition coefficient (Wildman–Crippen LogP) is 4.57. The van der Waals surface area contributed by atoms with Crippen LogP contribution in [0.25, 0.3) is 0 Å². The van der Waals surface area contributed by atoms with E-state index >= 15 is 0 Å². The molecule has 4 nitrogen and oxygen atoms in total. The highest BCUT2D eigenvalue weighted by Crippen LogP contribution is 2.13. The summed E-state index contributed by atoms with van der Waals surface area (Å²) < 4.78 is 4.60. The molecule has 0 aliphatic rings. The summed E-state index contributed by atoms with van der Waals surface area (Å²) in [5.74, 6) is 0.0731. The van der Waals surface area contributed by atoms with Crippen LogP contribution in [0.3, 0.4) is 0 Å². The van der Waals surface area contributed by atoms with Crippen LogP contribution in [0.2, 0.25) is 0 Å². The number of aliphatic hydroxyl groups is 1. The highest BCUT2D eigenvalue weighted by molar-refractivity contribution is 5.78. The minimum absolute atomic E-state index is 0.132. The highest BCUT2D eigenvalue weighted by atomic mass is 16.5. The largest absolute Gasteiger partial charge is 0.469 e. The number of carbonyl (C=O) groups is 2. The first-order valence-corrected chi connectivity index (χ1v) is 9.36. The second kappa shape index (κ2) is 16.0. The number of unbranched alkanes of at least 4 members (excludes halogenated alkanes) is 8. The minimum atomic E-state index is -0.465. The third kappa shape index (κ3) is 15.8. The molecule has 136 valence electrons. The first kappa shape index (κ1) is 22.1. The molecule has 0 aromatic rings. The normalized spacial score (nSPS) is 12.1. The first-order valence-electron chi connectivity index (χ1n) is 9.36. The van der Waals surface area contributed by atoms with E-state index in [1.807, 2.05) is 0 Å². The van der Waals surface area contributed by atoms with Gasteiger partial charge in [0.1, 0.15) is 5.78 Å². The summed E-state index contributed by atoms with van der Waals surface area (Å²) in [6.45, 7) is 2.16. The summed E-state index contributed by atoms with van der Waals surface area (Å²) in [6.07, 6.45) is 12.4. The Balaban J connectivity index is 3.37. The Bertz CT molecular complexity index is 302. The SMILES string of the molecule is CCCCCCC(=O)CC(O)CCCCCCCCC(=O)OC. The van der Waals surface area contributed by atoms with Gasteiger partial charge in [0.25, 0.3) is 0 Å². The molecule has 4 heteroatoms. The molecule has 0 aromatic carbocycles. The van der Waals surface area contributed by atoms with E-state index in [1.165, 1.54) is 20.0 Å². The summed E-state index contributed by atoms with van der Waals surface area (Å²) >= 11 is 0. The van der Waals surface area contributed by atoms with Crippen LogP contribution in [0.15, 0.2) is 0 Å². The molecule has 0 heterocycles. The zero-order valence-electron chi connectivity index (χ0n) is 15.1. The number of ketones is 1. The number of Topliss-reactive ketones (excluding diaryl/α,β-unsaturated/α-hetero) is 1. The standard InChI is InChI=1S/C19H36O4/c1-3-4-5-10-13-17(20)16-18(21)14-11-8-6-7-9-12-15-19(22)23-2/h18,21H,3-16H2,1-2H3. The fourth-order valence-corrected chi connectivity index (χ4v) is 2.67. The average Bonchev–Trinajstić information content (AvgIpc) is 2.53. The van der Waals surface area contributed by atoms with Gasteiger partial charge >= 0.3 is 5.97 Å². The Labute approximate surface area is 142 Å². The molecule has 1 unspecified atom stereocenters. The predicted molar refractivity (Wildman–Crippen MR) is 93.3 cm³/mol. The number of hydrogen-bond donors (Lipinski definition) is 1. The van der Waals surface area contributed by atoms with Gasteiger partial charge in [0.05, 0.1) is 13.2 Å². The lowest BCUT2D eigenvalue weighted by molar-refractivity contribution is -0.140. The molecule has 0 radical (unpaired) electrons. The van der Waals surface area contributed by atoms with Crippen molar-refractivity contribution in [3.8, 4) is 0 Å². The summed E-state index contributed by atoms with van der Waals surface area (Å²) in [5, 5.41) is 9.88. The monoisotopic (exact) mass is 328 g/mol. The van der Waals surface area contributed by atoms with Crippen LogP contribution in [0.4, 0.5) is 0 Å². The van der Waals surface area contributed by atoms with Crippen LogP contribution in [0.5, 0.6) is 0 Å². The van der Waals surface area contributed by atoms with Crippen molar-refractivity contribution in [3.05, 3.63) is 0 Å². The van der Waals surface area contributed by atoms with Crippen molar-refractivity contribution in [2.75, 3.05) is 7.11 Å². The molecule has 1 N–H and O–H groups in total. The van der Waals surface area contributed by atoms with Crippen LogP contribution in [0, 0.1) is 0 Å². The number of carbonyl (C=O) groups excluding carboxylic acids is 2. The van der Waals surface area contributed by atoms with E-state index in [0.29, 0.717) is 19.3 Å². The molecule has 0 aliphatic heterocycles. The van der Waals surface area contributed by atoms with Crippen LogP contribution in [-0.2, 0) is 14.3 Å². The average molecular weight is 328 g/mol. The number of rotatable bonds is 16. The van der Waals surface area contributed by atoms with Crippen LogP contribution in [-0.4, -0.2) is 30.1 Å². The van der Waals surface area contributed by atoms with Crippen molar-refractivity contribution in [1.82, 2.24) is 0 Å². The van der Waals surface area contributed by atoms with Gasteiger partial charge in [0.15, 0.2) is 0 Å². The summed E-state index contributed by atoms with van der Waals surface area (Å²) in [6, 6.07) is 0. The lowest BCUT2D eigenvalue weighted by Crippen LogP contribution is -2.13. The lowest BCUT2D eigenvalue weighted by atomic mass is 10.0. The van der Waals surface area contributed by atoms with Gasteiger partial charge in [-0.2, -0.15) is 0 Å². The van der Waals surface area contributed by atoms with E-state index in [-0.39, 0.29) is 11.8 Å². The Kier molecular flexibility index (Phi) is 15.4. The second-order valence-corrected chi connectivity index (χ2v) is 6.44. The maximum Gasteiger partial charge on any atom is 0.305 e. The molecule has 0 aromatic heterocycles. The van der Waals surface area contributed by atoms with E-state index < -0.39 is 6.10 Å². The van der Waals surface area contributed by atoms with E-state index in [2.05, 4.69) is 11.7 Å². The van der Waals surface area contributed by atoms with Gasteiger partial charge in [-0.3, -0.25) is 9.59 Å². The number of aliphatic hydroxyl groups excluding tert-OH is 1. The third-order valence-corrected chi connectivity index (χ3v) is 4.17. The number of ether oxygens (including phenoxy) is 1. The van der Waals surface area contributed by atoms with Gasteiger partial charge in [0.2, 0.25) is 0 Å².